The zero-order chi connectivity index (χ0) is 10.1. The average molecular weight is 183 g/mol. The smallest absolute Gasteiger partial charge is 0.243 e. The fourth-order valence-electron chi connectivity index (χ4n) is 1.27. The highest BCUT2D eigenvalue weighted by Crippen LogP contribution is 2.19. The number of nitrogens with zero attached hydrogens (tertiary/aromatic N) is 2. The second kappa shape index (κ2) is 3.46. The quantitative estimate of drug-likeness (QED) is 0.651. The maximum atomic E-state index is 11.5. The first-order chi connectivity index (χ1) is 5.95. The van der Waals surface area contributed by atoms with E-state index in [9.17, 15) is 4.79 Å². The topological polar surface area (TPSA) is 58.7 Å². The third kappa shape index (κ3) is 2.28. The highest BCUT2D eigenvalue weighted by Gasteiger charge is 2.29. The third-order valence-electron chi connectivity index (χ3n) is 1.98. The largest absolute Gasteiger partial charge is 0.325 e. The van der Waals surface area contributed by atoms with Crippen molar-refractivity contribution >= 4 is 11.6 Å². The molecule has 0 saturated heterocycles. The van der Waals surface area contributed by atoms with Gasteiger partial charge in [0.1, 0.15) is 0 Å². The Bertz CT molecular complexity index is 240. The minimum absolute atomic E-state index is 0.0877. The maximum Gasteiger partial charge on any atom is 0.243 e. The van der Waals surface area contributed by atoms with Gasteiger partial charge in [-0.05, 0) is 27.2 Å². The fourth-order valence-corrected chi connectivity index (χ4v) is 1.27. The molecule has 0 aliphatic carbocycles. The molecule has 1 heterocycles. The van der Waals surface area contributed by atoms with Gasteiger partial charge in [0.25, 0.3) is 0 Å². The summed E-state index contributed by atoms with van der Waals surface area (Å²) in [5.74, 6) is 0.0877. The molecule has 0 aromatic carbocycles. The van der Waals surface area contributed by atoms with Crippen molar-refractivity contribution in [3.8, 4) is 0 Å². The van der Waals surface area contributed by atoms with Crippen LogP contribution in [0, 0.1) is 0 Å². The van der Waals surface area contributed by atoms with E-state index < -0.39 is 0 Å². The molecule has 0 atom stereocenters. The summed E-state index contributed by atoms with van der Waals surface area (Å²) in [5.41, 5.74) is 6.16. The third-order valence-corrected chi connectivity index (χ3v) is 1.98. The molecule has 13 heavy (non-hydrogen) atoms. The van der Waals surface area contributed by atoms with Crippen LogP contribution in [-0.2, 0) is 4.79 Å². The molecule has 4 nitrogen and oxygen atoms in total. The molecule has 0 aromatic rings. The number of hydrogen-bond acceptors (Lipinski definition) is 3. The number of carbonyl (C=O) groups excluding carboxylic acids is 1. The van der Waals surface area contributed by atoms with Gasteiger partial charge in [0.05, 0.1) is 11.3 Å². The second-order valence-corrected chi connectivity index (χ2v) is 4.25. The Labute approximate surface area is 78.8 Å². The molecule has 0 radical (unpaired) electrons. The van der Waals surface area contributed by atoms with Gasteiger partial charge in [-0.15, -0.1) is 0 Å². The van der Waals surface area contributed by atoms with Gasteiger partial charge in [-0.25, -0.2) is 5.01 Å². The van der Waals surface area contributed by atoms with Crippen molar-refractivity contribution in [2.45, 2.75) is 39.2 Å². The lowest BCUT2D eigenvalue weighted by molar-refractivity contribution is -0.136. The lowest BCUT2D eigenvalue weighted by Crippen LogP contribution is -2.45. The van der Waals surface area contributed by atoms with Crippen LogP contribution in [-0.4, -0.2) is 28.7 Å². The molecule has 0 unspecified atom stereocenters. The van der Waals surface area contributed by atoms with Crippen LogP contribution < -0.4 is 5.73 Å². The second-order valence-electron chi connectivity index (χ2n) is 4.25. The van der Waals surface area contributed by atoms with Crippen molar-refractivity contribution in [1.29, 1.82) is 0 Å². The van der Waals surface area contributed by atoms with Crippen LogP contribution in [0.15, 0.2) is 5.10 Å². The van der Waals surface area contributed by atoms with Gasteiger partial charge in [0.15, 0.2) is 0 Å². The van der Waals surface area contributed by atoms with E-state index in [-0.39, 0.29) is 11.4 Å². The number of nitrogens with two attached hydrogens (primary N) is 1. The standard InChI is InChI=1S/C9H17N3O/c1-9(2,3)12-8(13)5-4-7(6-10)11-12/h4-6,10H2,1-3H3. The van der Waals surface area contributed by atoms with Crippen molar-refractivity contribution in [1.82, 2.24) is 5.01 Å². The molecular formula is C9H17N3O. The molecule has 74 valence electrons. The molecule has 4 heteroatoms. The summed E-state index contributed by atoms with van der Waals surface area (Å²) in [7, 11) is 0. The molecule has 0 aromatic heterocycles. The van der Waals surface area contributed by atoms with Crippen LogP contribution in [0.5, 0.6) is 0 Å². The van der Waals surface area contributed by atoms with Crippen LogP contribution in [0.25, 0.3) is 0 Å². The number of rotatable bonds is 1. The number of hydrazone groups is 1. The van der Waals surface area contributed by atoms with Gasteiger partial charge in [-0.2, -0.15) is 5.10 Å². The van der Waals surface area contributed by atoms with E-state index in [1.807, 2.05) is 20.8 Å². The van der Waals surface area contributed by atoms with Crippen molar-refractivity contribution < 1.29 is 4.79 Å². The molecule has 1 amide bonds. The first-order valence-electron chi connectivity index (χ1n) is 4.54. The zero-order valence-corrected chi connectivity index (χ0v) is 8.50. The summed E-state index contributed by atoms with van der Waals surface area (Å²) in [6.07, 6.45) is 1.25. The average Bonchev–Trinajstić information content (AvgIpc) is 2.03. The van der Waals surface area contributed by atoms with Crippen molar-refractivity contribution in [2.24, 2.45) is 10.8 Å². The molecule has 1 rings (SSSR count). The van der Waals surface area contributed by atoms with E-state index in [4.69, 9.17) is 5.73 Å². The van der Waals surface area contributed by atoms with Gasteiger partial charge >= 0.3 is 0 Å². The number of carbonyl (C=O) groups is 1. The van der Waals surface area contributed by atoms with Gasteiger partial charge in [0, 0.05) is 13.0 Å². The molecule has 1 aliphatic heterocycles. The van der Waals surface area contributed by atoms with Crippen LogP contribution in [0.2, 0.25) is 0 Å². The van der Waals surface area contributed by atoms with E-state index in [2.05, 4.69) is 5.10 Å². The first kappa shape index (κ1) is 10.2. The van der Waals surface area contributed by atoms with Crippen LogP contribution in [0.4, 0.5) is 0 Å². The minimum Gasteiger partial charge on any atom is -0.325 e. The Morgan fingerprint density at radius 3 is 2.54 bits per heavy atom. The highest BCUT2D eigenvalue weighted by molar-refractivity contribution is 5.93. The Morgan fingerprint density at radius 2 is 2.08 bits per heavy atom. The highest BCUT2D eigenvalue weighted by atomic mass is 16.2. The van der Waals surface area contributed by atoms with Gasteiger partial charge in [-0.1, -0.05) is 0 Å². The fraction of sp³-hybridized carbons (Fsp3) is 0.778. The molecule has 2 N–H and O–H groups in total. The number of amides is 1. The Morgan fingerprint density at radius 1 is 1.46 bits per heavy atom. The predicted molar refractivity (Wildman–Crippen MR) is 52.3 cm³/mol. The van der Waals surface area contributed by atoms with E-state index in [0.717, 1.165) is 5.71 Å². The predicted octanol–water partition coefficient (Wildman–Crippen LogP) is 0.722. The normalized spacial score (nSPS) is 18.9. The van der Waals surface area contributed by atoms with Crippen molar-refractivity contribution in [2.75, 3.05) is 6.54 Å². The molecule has 1 aliphatic rings. The van der Waals surface area contributed by atoms with Crippen LogP contribution in [0.3, 0.4) is 0 Å². The summed E-state index contributed by atoms with van der Waals surface area (Å²) < 4.78 is 0. The van der Waals surface area contributed by atoms with Crippen LogP contribution in [0.1, 0.15) is 33.6 Å². The Kier molecular flexibility index (Phi) is 2.71. The maximum absolute atomic E-state index is 11.5. The molecule has 0 bridgehead atoms. The summed E-state index contributed by atoms with van der Waals surface area (Å²) in [5, 5.41) is 5.77. The lowest BCUT2D eigenvalue weighted by Gasteiger charge is -2.34. The summed E-state index contributed by atoms with van der Waals surface area (Å²) >= 11 is 0. The summed E-state index contributed by atoms with van der Waals surface area (Å²) in [6.45, 7) is 6.34. The van der Waals surface area contributed by atoms with Gasteiger partial charge in [-0.3, -0.25) is 4.79 Å². The van der Waals surface area contributed by atoms with E-state index in [0.29, 0.717) is 19.4 Å². The Balaban J connectivity index is 2.87. The van der Waals surface area contributed by atoms with E-state index in [1.54, 1.807) is 5.01 Å². The SMILES string of the molecule is CC(C)(C)N1N=C(CN)CCC1=O. The van der Waals surface area contributed by atoms with Gasteiger partial charge in [0.2, 0.25) is 5.91 Å². The number of hydrogen-bond donors (Lipinski definition) is 1. The van der Waals surface area contributed by atoms with Gasteiger partial charge < -0.3 is 5.73 Å². The molecule has 0 fully saturated rings. The van der Waals surface area contributed by atoms with E-state index in [1.165, 1.54) is 0 Å². The first-order valence-corrected chi connectivity index (χ1v) is 4.54. The monoisotopic (exact) mass is 183 g/mol. The molecule has 0 saturated carbocycles. The summed E-state index contributed by atoms with van der Waals surface area (Å²) in [6, 6.07) is 0. The molecule has 0 spiro atoms. The molecular weight excluding hydrogens is 166 g/mol. The minimum atomic E-state index is -0.238. The summed E-state index contributed by atoms with van der Waals surface area (Å²) in [4.78, 5) is 11.5. The zero-order valence-electron chi connectivity index (χ0n) is 8.50. The van der Waals surface area contributed by atoms with Crippen LogP contribution >= 0.6 is 0 Å². The van der Waals surface area contributed by atoms with Crippen molar-refractivity contribution in [3.05, 3.63) is 0 Å². The lowest BCUT2D eigenvalue weighted by atomic mass is 10.1. The van der Waals surface area contributed by atoms with E-state index >= 15 is 0 Å². The van der Waals surface area contributed by atoms with Crippen molar-refractivity contribution in [3.63, 3.8) is 0 Å². The Hall–Kier alpha value is -0.900.